The van der Waals surface area contributed by atoms with E-state index in [9.17, 15) is 5.26 Å². The summed E-state index contributed by atoms with van der Waals surface area (Å²) in [4.78, 5) is 0. The van der Waals surface area contributed by atoms with E-state index in [4.69, 9.17) is 0 Å². The summed E-state index contributed by atoms with van der Waals surface area (Å²) >= 11 is 0. The SMILES string of the molecule is N#C[C@@](Cc1ccccc1)(c1ccccc1)[C@@H](Nc1ccc2ccccc2c1)c1ccccc1. The fourth-order valence-corrected chi connectivity index (χ4v) is 4.78. The van der Waals surface area contributed by atoms with Crippen molar-refractivity contribution in [2.24, 2.45) is 0 Å². The Kier molecular flexibility index (Phi) is 6.10. The van der Waals surface area contributed by atoms with Gasteiger partial charge in [-0.2, -0.15) is 5.26 Å². The first-order valence-corrected chi connectivity index (χ1v) is 11.6. The Morgan fingerprint density at radius 1 is 0.647 bits per heavy atom. The second-order valence-corrected chi connectivity index (χ2v) is 8.66. The molecule has 0 fully saturated rings. The molecule has 0 heterocycles. The van der Waals surface area contributed by atoms with Gasteiger partial charge < -0.3 is 5.32 Å². The van der Waals surface area contributed by atoms with E-state index in [1.165, 1.54) is 10.8 Å². The molecule has 0 bridgehead atoms. The highest BCUT2D eigenvalue weighted by Gasteiger charge is 2.42. The molecular weight excluding hydrogens is 412 g/mol. The average Bonchev–Trinajstić information content (AvgIpc) is 2.92. The van der Waals surface area contributed by atoms with Gasteiger partial charge in [0.15, 0.2) is 0 Å². The smallest absolute Gasteiger partial charge is 0.110 e. The van der Waals surface area contributed by atoms with Gasteiger partial charge in [0.05, 0.1) is 12.1 Å². The molecule has 0 radical (unpaired) electrons. The third-order valence-electron chi connectivity index (χ3n) is 6.50. The van der Waals surface area contributed by atoms with E-state index >= 15 is 0 Å². The second kappa shape index (κ2) is 9.65. The Morgan fingerprint density at radius 3 is 1.91 bits per heavy atom. The fourth-order valence-electron chi connectivity index (χ4n) is 4.78. The lowest BCUT2D eigenvalue weighted by Gasteiger charge is -2.37. The van der Waals surface area contributed by atoms with Gasteiger partial charge in [0.25, 0.3) is 0 Å². The number of hydrogen-bond donors (Lipinski definition) is 1. The van der Waals surface area contributed by atoms with Gasteiger partial charge in [0.2, 0.25) is 0 Å². The maximum atomic E-state index is 10.9. The molecule has 164 valence electrons. The van der Waals surface area contributed by atoms with E-state index in [0.29, 0.717) is 6.42 Å². The highest BCUT2D eigenvalue weighted by Crippen LogP contribution is 2.42. The summed E-state index contributed by atoms with van der Waals surface area (Å²) in [5, 5.41) is 17.0. The summed E-state index contributed by atoms with van der Waals surface area (Å²) in [7, 11) is 0. The molecule has 0 unspecified atom stereocenters. The molecule has 5 rings (SSSR count). The Balaban J connectivity index is 1.67. The van der Waals surface area contributed by atoms with E-state index in [-0.39, 0.29) is 6.04 Å². The van der Waals surface area contributed by atoms with Gasteiger partial charge in [0.1, 0.15) is 5.41 Å². The molecule has 0 saturated heterocycles. The van der Waals surface area contributed by atoms with Gasteiger partial charge in [-0.3, -0.25) is 0 Å². The first kappa shape index (κ1) is 21.5. The number of rotatable bonds is 7. The van der Waals surface area contributed by atoms with Crippen molar-refractivity contribution in [2.45, 2.75) is 17.9 Å². The number of anilines is 1. The fraction of sp³-hybridized carbons (Fsp3) is 0.0938. The summed E-state index contributed by atoms with van der Waals surface area (Å²) in [6, 6.07) is 48.1. The minimum Gasteiger partial charge on any atom is -0.376 e. The molecule has 0 spiro atoms. The van der Waals surface area contributed by atoms with E-state index < -0.39 is 5.41 Å². The van der Waals surface area contributed by atoms with E-state index in [1.807, 2.05) is 54.6 Å². The Morgan fingerprint density at radius 2 is 1.24 bits per heavy atom. The zero-order valence-electron chi connectivity index (χ0n) is 18.9. The van der Waals surface area contributed by atoms with E-state index in [1.54, 1.807) is 0 Å². The topological polar surface area (TPSA) is 35.8 Å². The van der Waals surface area contributed by atoms with Crippen LogP contribution in [-0.2, 0) is 11.8 Å². The number of benzene rings is 5. The molecule has 0 aliphatic carbocycles. The van der Waals surface area contributed by atoms with Gasteiger partial charge >= 0.3 is 0 Å². The monoisotopic (exact) mass is 438 g/mol. The molecule has 34 heavy (non-hydrogen) atoms. The molecule has 2 nitrogen and oxygen atoms in total. The standard InChI is InChI=1S/C32H26N2/c33-24-32(29-18-8-3-9-19-29,23-25-12-4-1-5-13-25)31(27-15-6-2-7-16-27)34-30-21-20-26-14-10-11-17-28(26)22-30/h1-22,31,34H,23H2/t31-,32-/m0/s1. The minimum absolute atomic E-state index is 0.262. The predicted octanol–water partition coefficient (Wildman–Crippen LogP) is 7.70. The molecule has 0 aliphatic heterocycles. The van der Waals surface area contributed by atoms with Crippen molar-refractivity contribution in [3.8, 4) is 6.07 Å². The van der Waals surface area contributed by atoms with E-state index in [0.717, 1.165) is 22.4 Å². The lowest BCUT2D eigenvalue weighted by atomic mass is 9.69. The zero-order chi connectivity index (χ0) is 23.2. The summed E-state index contributed by atoms with van der Waals surface area (Å²) < 4.78 is 0. The van der Waals surface area contributed by atoms with Crippen molar-refractivity contribution < 1.29 is 0 Å². The molecule has 2 atom stereocenters. The van der Waals surface area contributed by atoms with Crippen molar-refractivity contribution >= 4 is 16.5 Å². The highest BCUT2D eigenvalue weighted by molar-refractivity contribution is 5.85. The summed E-state index contributed by atoms with van der Waals surface area (Å²) in [5.41, 5.74) is 3.39. The normalized spacial score (nSPS) is 13.5. The van der Waals surface area contributed by atoms with Gasteiger partial charge in [-0.1, -0.05) is 121 Å². The Hall–Kier alpha value is -4.35. The number of nitrogens with zero attached hydrogens (tertiary/aromatic N) is 1. The van der Waals surface area contributed by atoms with Gasteiger partial charge in [-0.25, -0.2) is 0 Å². The Bertz CT molecular complexity index is 1410. The summed E-state index contributed by atoms with van der Waals surface area (Å²) in [5.74, 6) is 0. The lowest BCUT2D eigenvalue weighted by molar-refractivity contribution is 0.466. The molecular formula is C32H26N2. The molecule has 0 aliphatic rings. The summed E-state index contributed by atoms with van der Waals surface area (Å²) in [6.07, 6.45) is 0.592. The van der Waals surface area contributed by atoms with Crippen molar-refractivity contribution in [2.75, 3.05) is 5.32 Å². The van der Waals surface area contributed by atoms with Crippen LogP contribution in [0.2, 0.25) is 0 Å². The number of hydrogen-bond acceptors (Lipinski definition) is 2. The van der Waals surface area contributed by atoms with Crippen LogP contribution >= 0.6 is 0 Å². The first-order chi connectivity index (χ1) is 16.8. The van der Waals surface area contributed by atoms with Gasteiger partial charge in [0, 0.05) is 5.69 Å². The molecule has 5 aromatic rings. The van der Waals surface area contributed by atoms with Crippen LogP contribution in [0.1, 0.15) is 22.7 Å². The minimum atomic E-state index is -0.824. The Labute approximate surface area is 201 Å². The molecule has 2 heteroatoms. The van der Waals surface area contributed by atoms with Crippen molar-refractivity contribution in [3.63, 3.8) is 0 Å². The quantitative estimate of drug-likeness (QED) is 0.283. The van der Waals surface area contributed by atoms with Crippen LogP contribution < -0.4 is 5.32 Å². The average molecular weight is 439 g/mol. The van der Waals surface area contributed by atoms with Gasteiger partial charge in [-0.15, -0.1) is 0 Å². The van der Waals surface area contributed by atoms with Crippen molar-refractivity contribution in [3.05, 3.63) is 150 Å². The predicted molar refractivity (Wildman–Crippen MR) is 141 cm³/mol. The largest absolute Gasteiger partial charge is 0.376 e. The van der Waals surface area contributed by atoms with Crippen LogP contribution in [0.4, 0.5) is 5.69 Å². The van der Waals surface area contributed by atoms with Gasteiger partial charge in [-0.05, 0) is 46.0 Å². The molecule has 1 N–H and O–H groups in total. The van der Waals surface area contributed by atoms with Crippen molar-refractivity contribution in [1.29, 1.82) is 5.26 Å². The molecule has 5 aromatic carbocycles. The number of nitriles is 1. The third kappa shape index (κ3) is 4.29. The van der Waals surface area contributed by atoms with Crippen LogP contribution in [0, 0.1) is 11.3 Å². The van der Waals surface area contributed by atoms with Crippen LogP contribution in [0.5, 0.6) is 0 Å². The molecule has 0 aromatic heterocycles. The molecule has 0 saturated carbocycles. The maximum Gasteiger partial charge on any atom is 0.110 e. The third-order valence-corrected chi connectivity index (χ3v) is 6.50. The summed E-state index contributed by atoms with van der Waals surface area (Å²) in [6.45, 7) is 0. The van der Waals surface area contributed by atoms with Crippen LogP contribution in [-0.4, -0.2) is 0 Å². The first-order valence-electron chi connectivity index (χ1n) is 11.6. The van der Waals surface area contributed by atoms with Crippen molar-refractivity contribution in [1.82, 2.24) is 0 Å². The number of nitrogens with one attached hydrogen (secondary N) is 1. The second-order valence-electron chi connectivity index (χ2n) is 8.66. The number of fused-ring (bicyclic) bond motifs is 1. The van der Waals surface area contributed by atoms with Crippen LogP contribution in [0.15, 0.2) is 133 Å². The zero-order valence-corrected chi connectivity index (χ0v) is 18.9. The maximum absolute atomic E-state index is 10.9. The lowest BCUT2D eigenvalue weighted by Crippen LogP contribution is -2.39. The van der Waals surface area contributed by atoms with E-state index in [2.05, 4.69) is 90.2 Å². The van der Waals surface area contributed by atoms with Crippen LogP contribution in [0.3, 0.4) is 0 Å². The van der Waals surface area contributed by atoms with Crippen LogP contribution in [0.25, 0.3) is 10.8 Å². The highest BCUT2D eigenvalue weighted by atomic mass is 14.9. The molecule has 0 amide bonds.